The summed E-state index contributed by atoms with van der Waals surface area (Å²) < 4.78 is 0. The summed E-state index contributed by atoms with van der Waals surface area (Å²) >= 11 is 1.34. The number of aliphatic hydroxyl groups is 1. The molecular weight excluding hydrogens is 148 g/mol. The Morgan fingerprint density at radius 1 is 1.70 bits per heavy atom. The molecule has 0 aliphatic heterocycles. The van der Waals surface area contributed by atoms with Crippen LogP contribution < -0.4 is 5.73 Å². The van der Waals surface area contributed by atoms with Crippen LogP contribution in [0.2, 0.25) is 0 Å². The maximum atomic E-state index is 9.39. The Bertz CT molecular complexity index is 226. The largest absolute Gasteiger partial charge is 0.384 e. The van der Waals surface area contributed by atoms with Crippen LogP contribution in [0.4, 0.5) is 5.13 Å². The quantitative estimate of drug-likeness (QED) is 0.639. The third-order valence-corrected chi connectivity index (χ3v) is 1.82. The van der Waals surface area contributed by atoms with Crippen molar-refractivity contribution in [3.8, 4) is 0 Å². The van der Waals surface area contributed by atoms with Crippen LogP contribution in [-0.4, -0.2) is 10.1 Å². The molecule has 0 unspecified atom stereocenters. The van der Waals surface area contributed by atoms with E-state index in [0.717, 1.165) is 0 Å². The van der Waals surface area contributed by atoms with E-state index in [-0.39, 0.29) is 0 Å². The molecule has 0 aromatic carbocycles. The molecule has 1 aromatic heterocycles. The molecule has 0 fully saturated rings. The zero-order valence-electron chi connectivity index (χ0n) is 5.96. The zero-order chi connectivity index (χ0) is 7.78. The van der Waals surface area contributed by atoms with Crippen LogP contribution in [0.5, 0.6) is 0 Å². The molecule has 0 aliphatic carbocycles. The third-order valence-electron chi connectivity index (χ3n) is 1.15. The van der Waals surface area contributed by atoms with Crippen molar-refractivity contribution in [3.63, 3.8) is 0 Å². The SMILES string of the molecule is CC(C)(O)c1csc(N)n1. The molecule has 1 aromatic rings. The Balaban J connectivity index is 2.96. The lowest BCUT2D eigenvalue weighted by molar-refractivity contribution is 0.0746. The first-order chi connectivity index (χ1) is 4.50. The minimum atomic E-state index is -0.867. The van der Waals surface area contributed by atoms with E-state index in [0.29, 0.717) is 10.8 Å². The molecular formula is C6H10N2OS. The van der Waals surface area contributed by atoms with E-state index < -0.39 is 5.60 Å². The molecule has 0 spiro atoms. The van der Waals surface area contributed by atoms with Crippen molar-refractivity contribution in [2.24, 2.45) is 0 Å². The molecule has 0 amide bonds. The number of hydrogen-bond acceptors (Lipinski definition) is 4. The number of hydrogen-bond donors (Lipinski definition) is 2. The monoisotopic (exact) mass is 158 g/mol. The van der Waals surface area contributed by atoms with Crippen LogP contribution in [-0.2, 0) is 5.60 Å². The lowest BCUT2D eigenvalue weighted by Gasteiger charge is -2.12. The fourth-order valence-electron chi connectivity index (χ4n) is 0.569. The fourth-order valence-corrected chi connectivity index (χ4v) is 1.29. The van der Waals surface area contributed by atoms with Gasteiger partial charge in [-0.1, -0.05) is 0 Å². The molecule has 0 bridgehead atoms. The second-order valence-electron chi connectivity index (χ2n) is 2.63. The molecule has 1 heterocycles. The average molecular weight is 158 g/mol. The molecule has 3 nitrogen and oxygen atoms in total. The van der Waals surface area contributed by atoms with Crippen molar-refractivity contribution >= 4 is 16.5 Å². The minimum Gasteiger partial charge on any atom is -0.384 e. The van der Waals surface area contributed by atoms with Crippen LogP contribution in [0.3, 0.4) is 0 Å². The molecule has 10 heavy (non-hydrogen) atoms. The van der Waals surface area contributed by atoms with Crippen LogP contribution in [0.1, 0.15) is 19.5 Å². The summed E-state index contributed by atoms with van der Waals surface area (Å²) in [6.45, 7) is 3.36. The molecule has 0 saturated carbocycles. The Kier molecular flexibility index (Phi) is 1.66. The molecule has 56 valence electrons. The highest BCUT2D eigenvalue weighted by molar-refractivity contribution is 7.13. The van der Waals surface area contributed by atoms with E-state index in [9.17, 15) is 5.11 Å². The van der Waals surface area contributed by atoms with Gasteiger partial charge < -0.3 is 10.8 Å². The third kappa shape index (κ3) is 1.46. The first-order valence-electron chi connectivity index (χ1n) is 2.94. The van der Waals surface area contributed by atoms with E-state index in [1.807, 2.05) is 0 Å². The van der Waals surface area contributed by atoms with Crippen LogP contribution in [0, 0.1) is 0 Å². The number of nitrogen functional groups attached to an aromatic ring is 1. The number of nitrogens with two attached hydrogens (primary N) is 1. The molecule has 0 atom stereocenters. The number of anilines is 1. The maximum Gasteiger partial charge on any atom is 0.180 e. The van der Waals surface area contributed by atoms with Gasteiger partial charge in [0, 0.05) is 5.38 Å². The fraction of sp³-hybridized carbons (Fsp3) is 0.500. The topological polar surface area (TPSA) is 59.1 Å². The van der Waals surface area contributed by atoms with Crippen LogP contribution in [0.15, 0.2) is 5.38 Å². The molecule has 0 radical (unpaired) electrons. The van der Waals surface area contributed by atoms with Gasteiger partial charge in [-0.3, -0.25) is 0 Å². The summed E-state index contributed by atoms with van der Waals surface area (Å²) in [5, 5.41) is 11.6. The van der Waals surface area contributed by atoms with Crippen LogP contribution in [0.25, 0.3) is 0 Å². The van der Waals surface area contributed by atoms with Crippen molar-refractivity contribution in [2.45, 2.75) is 19.4 Å². The summed E-state index contributed by atoms with van der Waals surface area (Å²) in [4.78, 5) is 3.93. The van der Waals surface area contributed by atoms with Crippen molar-refractivity contribution in [3.05, 3.63) is 11.1 Å². The Labute approximate surface area is 63.5 Å². The predicted molar refractivity (Wildman–Crippen MR) is 41.8 cm³/mol. The van der Waals surface area contributed by atoms with E-state index in [1.54, 1.807) is 19.2 Å². The van der Waals surface area contributed by atoms with Gasteiger partial charge in [0.1, 0.15) is 5.60 Å². The Morgan fingerprint density at radius 3 is 2.50 bits per heavy atom. The molecule has 3 N–H and O–H groups in total. The van der Waals surface area contributed by atoms with Gasteiger partial charge in [-0.05, 0) is 13.8 Å². The number of nitrogens with zero attached hydrogens (tertiary/aromatic N) is 1. The lowest BCUT2D eigenvalue weighted by atomic mass is 10.1. The van der Waals surface area contributed by atoms with Crippen molar-refractivity contribution in [1.29, 1.82) is 0 Å². The van der Waals surface area contributed by atoms with Gasteiger partial charge in [0.15, 0.2) is 5.13 Å². The van der Waals surface area contributed by atoms with Gasteiger partial charge in [0.25, 0.3) is 0 Å². The Hall–Kier alpha value is -0.610. The van der Waals surface area contributed by atoms with Gasteiger partial charge in [-0.2, -0.15) is 0 Å². The summed E-state index contributed by atoms with van der Waals surface area (Å²) in [7, 11) is 0. The minimum absolute atomic E-state index is 0.497. The second-order valence-corrected chi connectivity index (χ2v) is 3.52. The zero-order valence-corrected chi connectivity index (χ0v) is 6.77. The summed E-state index contributed by atoms with van der Waals surface area (Å²) in [6, 6.07) is 0. The smallest absolute Gasteiger partial charge is 0.180 e. The number of thiazole rings is 1. The molecule has 4 heteroatoms. The van der Waals surface area contributed by atoms with E-state index in [2.05, 4.69) is 4.98 Å². The molecule has 1 rings (SSSR count). The Morgan fingerprint density at radius 2 is 2.30 bits per heavy atom. The first-order valence-corrected chi connectivity index (χ1v) is 3.82. The normalized spacial score (nSPS) is 11.9. The highest BCUT2D eigenvalue weighted by Gasteiger charge is 2.18. The van der Waals surface area contributed by atoms with Crippen molar-refractivity contribution in [2.75, 3.05) is 5.73 Å². The summed E-state index contributed by atoms with van der Waals surface area (Å²) in [5.41, 5.74) is 5.14. The second kappa shape index (κ2) is 2.21. The lowest BCUT2D eigenvalue weighted by Crippen LogP contribution is -2.15. The van der Waals surface area contributed by atoms with Gasteiger partial charge >= 0.3 is 0 Å². The average Bonchev–Trinajstić information content (AvgIpc) is 2.11. The van der Waals surface area contributed by atoms with E-state index in [4.69, 9.17) is 5.73 Å². The van der Waals surface area contributed by atoms with Gasteiger partial charge in [-0.15, -0.1) is 11.3 Å². The van der Waals surface area contributed by atoms with Gasteiger partial charge in [0.05, 0.1) is 5.69 Å². The predicted octanol–water partition coefficient (Wildman–Crippen LogP) is 0.953. The first kappa shape index (κ1) is 7.50. The van der Waals surface area contributed by atoms with Gasteiger partial charge in [0.2, 0.25) is 0 Å². The molecule has 0 aliphatic rings. The summed E-state index contributed by atoms with van der Waals surface area (Å²) in [6.07, 6.45) is 0. The van der Waals surface area contributed by atoms with Gasteiger partial charge in [-0.25, -0.2) is 4.98 Å². The number of aromatic nitrogens is 1. The van der Waals surface area contributed by atoms with E-state index in [1.165, 1.54) is 11.3 Å². The highest BCUT2D eigenvalue weighted by atomic mass is 32.1. The van der Waals surface area contributed by atoms with Crippen molar-refractivity contribution < 1.29 is 5.11 Å². The summed E-state index contributed by atoms with van der Waals surface area (Å²) in [5.74, 6) is 0. The van der Waals surface area contributed by atoms with Crippen molar-refractivity contribution in [1.82, 2.24) is 4.98 Å². The van der Waals surface area contributed by atoms with E-state index >= 15 is 0 Å². The highest BCUT2D eigenvalue weighted by Crippen LogP contribution is 2.22. The standard InChI is InChI=1S/C6H10N2OS/c1-6(2,9)4-3-10-5(7)8-4/h3,9H,1-2H3,(H2,7,8). The maximum absolute atomic E-state index is 9.39. The molecule has 0 saturated heterocycles. The number of rotatable bonds is 1. The van der Waals surface area contributed by atoms with Crippen LogP contribution >= 0.6 is 11.3 Å².